The molecule has 3 aliphatic heterocycles. The van der Waals surface area contributed by atoms with Gasteiger partial charge in [0.2, 0.25) is 0 Å². The van der Waals surface area contributed by atoms with Crippen LogP contribution >= 0.6 is 7.75 Å². The smallest absolute Gasteiger partial charge is 0.431 e. The van der Waals surface area contributed by atoms with Crippen molar-refractivity contribution in [1.82, 2.24) is 4.67 Å². The second-order valence-corrected chi connectivity index (χ2v) is 8.90. The first-order valence-corrected chi connectivity index (χ1v) is 11.3. The maximum absolute atomic E-state index is 14.9. The van der Waals surface area contributed by atoms with Crippen LogP contribution in [0.25, 0.3) is 0 Å². The minimum atomic E-state index is -4.83. The number of amidine groups is 1. The van der Waals surface area contributed by atoms with Crippen LogP contribution in [0.4, 0.5) is 29.3 Å². The quantitative estimate of drug-likeness (QED) is 0.479. The number of cyclic esters (lactones) is 1. The van der Waals surface area contributed by atoms with Crippen molar-refractivity contribution in [3.63, 3.8) is 0 Å². The van der Waals surface area contributed by atoms with E-state index in [2.05, 4.69) is 4.99 Å². The highest BCUT2D eigenvalue weighted by Crippen LogP contribution is 2.42. The van der Waals surface area contributed by atoms with Gasteiger partial charge in [-0.15, -0.1) is 0 Å². The average Bonchev–Trinajstić information content (AvgIpc) is 3.39. The molecule has 0 spiro atoms. The lowest BCUT2D eigenvalue weighted by Gasteiger charge is -2.26. The molecule has 0 bridgehead atoms. The Morgan fingerprint density at radius 3 is 2.58 bits per heavy atom. The van der Waals surface area contributed by atoms with Crippen molar-refractivity contribution < 1.29 is 41.8 Å². The van der Waals surface area contributed by atoms with Gasteiger partial charge in [0.1, 0.15) is 17.6 Å². The van der Waals surface area contributed by atoms with Gasteiger partial charge in [-0.3, -0.25) is 19.4 Å². The lowest BCUT2D eigenvalue weighted by Crippen LogP contribution is -2.36. The summed E-state index contributed by atoms with van der Waals surface area (Å²) in [6.07, 6.45) is 2.93. The van der Waals surface area contributed by atoms with Crippen molar-refractivity contribution in [2.45, 2.75) is 12.5 Å². The SMILES string of the molecule is O=C1C=CN(c2c(F)cc(N3CC(CN(C4=NCC=C4)P(=O)(O)O)OC3=O)c(F)c2F)CC1. The third-order valence-corrected chi connectivity index (χ3v) is 6.19. The summed E-state index contributed by atoms with van der Waals surface area (Å²) in [7, 11) is -4.83. The van der Waals surface area contributed by atoms with Crippen LogP contribution in [0.1, 0.15) is 6.42 Å². The minimum Gasteiger partial charge on any atom is -0.442 e. The number of hydrogen-bond acceptors (Lipinski definition) is 6. The van der Waals surface area contributed by atoms with E-state index in [0.29, 0.717) is 15.6 Å². The summed E-state index contributed by atoms with van der Waals surface area (Å²) in [5.41, 5.74) is -1.43. The van der Waals surface area contributed by atoms with Crippen LogP contribution in [0.15, 0.2) is 35.5 Å². The van der Waals surface area contributed by atoms with Gasteiger partial charge in [-0.25, -0.2) is 22.5 Å². The van der Waals surface area contributed by atoms with Crippen molar-refractivity contribution in [3.8, 4) is 0 Å². The molecule has 14 heteroatoms. The number of anilines is 2. The number of carbonyl (C=O) groups excluding carboxylic acids is 2. The Balaban J connectivity index is 1.58. The molecule has 1 aromatic carbocycles. The maximum atomic E-state index is 14.9. The van der Waals surface area contributed by atoms with Crippen LogP contribution in [0.5, 0.6) is 0 Å². The third kappa shape index (κ3) is 4.52. The minimum absolute atomic E-state index is 0.00453. The van der Waals surface area contributed by atoms with Crippen molar-refractivity contribution in [2.24, 2.45) is 4.99 Å². The molecule has 2 N–H and O–H groups in total. The van der Waals surface area contributed by atoms with Gasteiger partial charge in [-0.1, -0.05) is 6.08 Å². The van der Waals surface area contributed by atoms with E-state index in [9.17, 15) is 37.1 Å². The molecular weight excluding hydrogens is 468 g/mol. The zero-order valence-corrected chi connectivity index (χ0v) is 17.8. The molecule has 1 atom stereocenters. The molecule has 0 aliphatic carbocycles. The van der Waals surface area contributed by atoms with E-state index in [1.807, 2.05) is 0 Å². The number of ether oxygens (including phenoxy) is 1. The van der Waals surface area contributed by atoms with E-state index in [4.69, 9.17) is 4.74 Å². The molecule has 0 radical (unpaired) electrons. The fourth-order valence-electron chi connectivity index (χ4n) is 3.64. The first-order valence-electron chi connectivity index (χ1n) is 9.74. The molecule has 4 rings (SSSR count). The van der Waals surface area contributed by atoms with Gasteiger partial charge >= 0.3 is 13.8 Å². The maximum Gasteiger partial charge on any atom is 0.431 e. The molecule has 3 aliphatic rings. The van der Waals surface area contributed by atoms with Gasteiger partial charge in [0.05, 0.1) is 25.3 Å². The Labute approximate surface area is 185 Å². The van der Waals surface area contributed by atoms with Gasteiger partial charge in [0, 0.05) is 25.2 Å². The van der Waals surface area contributed by atoms with Crippen molar-refractivity contribution in [2.75, 3.05) is 36.0 Å². The average molecular weight is 486 g/mol. The molecule has 1 aromatic rings. The van der Waals surface area contributed by atoms with Gasteiger partial charge in [0.25, 0.3) is 0 Å². The van der Waals surface area contributed by atoms with Crippen LogP contribution < -0.4 is 9.80 Å². The summed E-state index contributed by atoms with van der Waals surface area (Å²) < 4.78 is 61.9. The molecule has 10 nitrogen and oxygen atoms in total. The summed E-state index contributed by atoms with van der Waals surface area (Å²) in [6.45, 7) is -0.724. The largest absolute Gasteiger partial charge is 0.442 e. The predicted octanol–water partition coefficient (Wildman–Crippen LogP) is 2.08. The van der Waals surface area contributed by atoms with Gasteiger partial charge in [-0.05, 0) is 12.2 Å². The Kier molecular flexibility index (Phi) is 6.04. The van der Waals surface area contributed by atoms with Gasteiger partial charge < -0.3 is 19.4 Å². The predicted molar refractivity (Wildman–Crippen MR) is 110 cm³/mol. The summed E-state index contributed by atoms with van der Waals surface area (Å²) in [5, 5.41) is 0. The number of benzene rings is 1. The standard InChI is InChI=1S/C19H18F3N4O6P/c20-13-8-14(16(21)17(22)18(13)24-6-3-11(27)4-7-24)25-9-12(32-19(25)28)10-26(33(29,30)31)15-2-1-5-23-15/h1-3,6,8,12H,4-5,7,9-10H2,(H2,29,30,31). The van der Waals surface area contributed by atoms with E-state index in [-0.39, 0.29) is 31.1 Å². The Morgan fingerprint density at radius 1 is 1.21 bits per heavy atom. The van der Waals surface area contributed by atoms with E-state index < -0.39 is 61.9 Å². The van der Waals surface area contributed by atoms with Crippen LogP contribution in [-0.2, 0) is 14.1 Å². The number of amides is 1. The monoisotopic (exact) mass is 486 g/mol. The Hall–Kier alpha value is -3.15. The molecule has 176 valence electrons. The molecule has 0 aromatic heterocycles. The molecule has 33 heavy (non-hydrogen) atoms. The van der Waals surface area contributed by atoms with Crippen LogP contribution in [0, 0.1) is 17.5 Å². The van der Waals surface area contributed by atoms with E-state index in [1.54, 1.807) is 6.08 Å². The van der Waals surface area contributed by atoms with Crippen molar-refractivity contribution in [1.29, 1.82) is 0 Å². The first kappa shape index (κ1) is 23.0. The molecular formula is C19H18F3N4O6P. The number of ketones is 1. The molecule has 1 amide bonds. The molecule has 1 fully saturated rings. The topological polar surface area (TPSA) is 123 Å². The molecule has 0 saturated carbocycles. The zero-order chi connectivity index (χ0) is 23.9. The zero-order valence-electron chi connectivity index (χ0n) is 16.9. The van der Waals surface area contributed by atoms with Crippen molar-refractivity contribution in [3.05, 3.63) is 47.9 Å². The van der Waals surface area contributed by atoms with E-state index in [0.717, 1.165) is 17.2 Å². The highest BCUT2D eigenvalue weighted by molar-refractivity contribution is 7.50. The number of nitrogens with zero attached hydrogens (tertiary/aromatic N) is 4. The summed E-state index contributed by atoms with van der Waals surface area (Å²) >= 11 is 0. The molecule has 3 heterocycles. The number of allylic oxidation sites excluding steroid dienone is 1. The third-order valence-electron chi connectivity index (χ3n) is 5.19. The number of aliphatic imine (C=N–C) groups is 1. The lowest BCUT2D eigenvalue weighted by atomic mass is 10.1. The molecule has 1 saturated heterocycles. The Bertz CT molecular complexity index is 1150. The molecule has 1 unspecified atom stereocenters. The highest BCUT2D eigenvalue weighted by Gasteiger charge is 2.40. The summed E-state index contributed by atoms with van der Waals surface area (Å²) in [6, 6.07) is 0.631. The second kappa shape index (κ2) is 8.65. The van der Waals surface area contributed by atoms with Gasteiger partial charge in [-0.2, -0.15) is 0 Å². The number of rotatable bonds is 5. The normalized spacial score (nSPS) is 20.5. The summed E-state index contributed by atoms with van der Waals surface area (Å²) in [4.78, 5) is 48.5. The summed E-state index contributed by atoms with van der Waals surface area (Å²) in [5.74, 6) is -4.48. The Morgan fingerprint density at radius 2 is 1.97 bits per heavy atom. The first-order chi connectivity index (χ1) is 15.6. The number of carbonyl (C=O) groups is 2. The second-order valence-electron chi connectivity index (χ2n) is 7.39. The van der Waals surface area contributed by atoms with Gasteiger partial charge in [0.15, 0.2) is 23.2 Å². The number of hydrogen-bond donors (Lipinski definition) is 2. The van der Waals surface area contributed by atoms with E-state index in [1.165, 1.54) is 6.08 Å². The van der Waals surface area contributed by atoms with Crippen LogP contribution in [-0.4, -0.2) is 64.5 Å². The number of halogens is 3. The van der Waals surface area contributed by atoms with Crippen LogP contribution in [0.3, 0.4) is 0 Å². The lowest BCUT2D eigenvalue weighted by molar-refractivity contribution is -0.114. The fourth-order valence-corrected chi connectivity index (χ4v) is 4.44. The van der Waals surface area contributed by atoms with E-state index >= 15 is 0 Å². The van der Waals surface area contributed by atoms with Crippen molar-refractivity contribution >= 4 is 36.8 Å². The van der Waals surface area contributed by atoms with Crippen LogP contribution in [0.2, 0.25) is 0 Å². The fraction of sp³-hybridized carbons (Fsp3) is 0.316. The highest BCUT2D eigenvalue weighted by atomic mass is 31.2.